The molecule has 6 heteroatoms. The first-order valence-corrected chi connectivity index (χ1v) is 7.84. The Morgan fingerprint density at radius 1 is 1.40 bits per heavy atom. The molecule has 1 amide bonds. The number of thiazole rings is 1. The van der Waals surface area contributed by atoms with Gasteiger partial charge in [-0.05, 0) is 19.3 Å². The van der Waals surface area contributed by atoms with Gasteiger partial charge in [-0.25, -0.2) is 4.98 Å². The maximum absolute atomic E-state index is 12.4. The summed E-state index contributed by atoms with van der Waals surface area (Å²) in [6.07, 6.45) is 6.45. The van der Waals surface area contributed by atoms with Gasteiger partial charge in [0.2, 0.25) is 5.91 Å². The maximum atomic E-state index is 12.4. The van der Waals surface area contributed by atoms with Gasteiger partial charge in [0.05, 0.1) is 24.5 Å². The van der Waals surface area contributed by atoms with E-state index in [9.17, 15) is 9.59 Å². The van der Waals surface area contributed by atoms with E-state index in [0.717, 1.165) is 30.7 Å². The van der Waals surface area contributed by atoms with Crippen molar-refractivity contribution in [3.8, 4) is 0 Å². The molecule has 0 spiro atoms. The van der Waals surface area contributed by atoms with Crippen LogP contribution in [0, 0.1) is 11.8 Å². The first-order valence-electron chi connectivity index (χ1n) is 6.96. The lowest BCUT2D eigenvalue weighted by molar-refractivity contribution is -0.143. The molecule has 0 radical (unpaired) electrons. The van der Waals surface area contributed by atoms with Crippen LogP contribution in [-0.4, -0.2) is 24.0 Å². The quantitative estimate of drug-likeness (QED) is 0.860. The number of hydrogen-bond acceptors (Lipinski definition) is 5. The Labute approximate surface area is 121 Å². The van der Waals surface area contributed by atoms with Gasteiger partial charge in [-0.1, -0.05) is 12.8 Å². The van der Waals surface area contributed by atoms with E-state index < -0.39 is 0 Å². The van der Waals surface area contributed by atoms with Crippen molar-refractivity contribution < 1.29 is 14.3 Å². The van der Waals surface area contributed by atoms with Gasteiger partial charge >= 0.3 is 5.97 Å². The molecule has 0 aromatic carbocycles. The zero-order chi connectivity index (χ0) is 14.2. The number of esters is 1. The number of rotatable bonds is 4. The van der Waals surface area contributed by atoms with Crippen LogP contribution in [0.4, 0.5) is 0 Å². The second kappa shape index (κ2) is 5.16. The molecule has 2 fully saturated rings. The third kappa shape index (κ3) is 2.32. The number of aromatic nitrogens is 1. The molecule has 0 bridgehead atoms. The van der Waals surface area contributed by atoms with Crippen LogP contribution in [0.2, 0.25) is 0 Å². The molecule has 0 unspecified atom stereocenters. The average molecular weight is 294 g/mol. The zero-order valence-electron chi connectivity index (χ0n) is 11.4. The number of nitrogens with one attached hydrogen (secondary N) is 1. The van der Waals surface area contributed by atoms with Crippen LogP contribution in [0.25, 0.3) is 0 Å². The van der Waals surface area contributed by atoms with Crippen LogP contribution in [0.3, 0.4) is 0 Å². The zero-order valence-corrected chi connectivity index (χ0v) is 12.2. The van der Waals surface area contributed by atoms with Gasteiger partial charge in [-0.15, -0.1) is 11.3 Å². The van der Waals surface area contributed by atoms with E-state index in [1.165, 1.54) is 7.11 Å². The predicted octanol–water partition coefficient (Wildman–Crippen LogP) is 1.84. The molecule has 1 heterocycles. The Bertz CT molecular complexity index is 508. The summed E-state index contributed by atoms with van der Waals surface area (Å²) < 4.78 is 4.69. The van der Waals surface area contributed by atoms with Crippen LogP contribution in [-0.2, 0) is 19.9 Å². The SMILES string of the molecule is COC(=O)[C@@H]1C[C@@H]1C(=O)NC1(c2nccs2)CCCC1. The number of carbonyl (C=O) groups excluding carboxylic acids is 2. The molecule has 108 valence electrons. The second-order valence-corrected chi connectivity index (χ2v) is 6.48. The molecule has 3 rings (SSSR count). The average Bonchev–Trinajstić information content (AvgIpc) is 2.88. The van der Waals surface area contributed by atoms with E-state index >= 15 is 0 Å². The second-order valence-electron chi connectivity index (χ2n) is 5.59. The first-order chi connectivity index (χ1) is 9.66. The summed E-state index contributed by atoms with van der Waals surface area (Å²) in [6, 6.07) is 0. The van der Waals surface area contributed by atoms with E-state index in [4.69, 9.17) is 4.74 Å². The molecule has 2 saturated carbocycles. The van der Waals surface area contributed by atoms with E-state index in [0.29, 0.717) is 6.42 Å². The lowest BCUT2D eigenvalue weighted by Crippen LogP contribution is -2.44. The molecule has 2 atom stereocenters. The highest BCUT2D eigenvalue weighted by molar-refractivity contribution is 7.09. The highest BCUT2D eigenvalue weighted by atomic mass is 32.1. The number of hydrogen-bond donors (Lipinski definition) is 1. The lowest BCUT2D eigenvalue weighted by atomic mass is 9.98. The number of carbonyl (C=O) groups is 2. The fourth-order valence-corrected chi connectivity index (χ4v) is 3.91. The Morgan fingerprint density at radius 2 is 2.15 bits per heavy atom. The summed E-state index contributed by atoms with van der Waals surface area (Å²) in [7, 11) is 1.36. The smallest absolute Gasteiger partial charge is 0.309 e. The van der Waals surface area contributed by atoms with Crippen molar-refractivity contribution >= 4 is 23.2 Å². The standard InChI is InChI=1S/C14H18N2O3S/c1-19-12(18)10-8-9(10)11(17)16-14(4-2-3-5-14)13-15-6-7-20-13/h6-7,9-10H,2-5,8H2,1H3,(H,16,17)/t9-,10+/m0/s1. The Balaban J connectivity index is 1.70. The molecule has 0 saturated heterocycles. The molecule has 1 N–H and O–H groups in total. The van der Waals surface area contributed by atoms with Crippen LogP contribution < -0.4 is 5.32 Å². The van der Waals surface area contributed by atoms with Crippen LogP contribution in [0.15, 0.2) is 11.6 Å². The molecule has 1 aromatic heterocycles. The molecule has 0 aliphatic heterocycles. The van der Waals surface area contributed by atoms with E-state index in [-0.39, 0.29) is 29.3 Å². The highest BCUT2D eigenvalue weighted by Gasteiger charge is 2.51. The van der Waals surface area contributed by atoms with Gasteiger partial charge in [0.25, 0.3) is 0 Å². The predicted molar refractivity (Wildman–Crippen MR) is 74.0 cm³/mol. The summed E-state index contributed by atoms with van der Waals surface area (Å²) in [6.45, 7) is 0. The number of nitrogens with zero attached hydrogens (tertiary/aromatic N) is 1. The molecule has 5 nitrogen and oxygen atoms in total. The number of ether oxygens (including phenoxy) is 1. The van der Waals surface area contributed by atoms with Gasteiger partial charge in [-0.2, -0.15) is 0 Å². The minimum absolute atomic E-state index is 0.0301. The van der Waals surface area contributed by atoms with Gasteiger partial charge in [-0.3, -0.25) is 9.59 Å². The van der Waals surface area contributed by atoms with Crippen molar-refractivity contribution in [1.29, 1.82) is 0 Å². The fraction of sp³-hybridized carbons (Fsp3) is 0.643. The maximum Gasteiger partial charge on any atom is 0.309 e. The normalized spacial score (nSPS) is 27.1. The van der Waals surface area contributed by atoms with E-state index in [2.05, 4.69) is 10.3 Å². The van der Waals surface area contributed by atoms with Crippen molar-refractivity contribution in [2.45, 2.75) is 37.6 Å². The van der Waals surface area contributed by atoms with Crippen molar-refractivity contribution in [1.82, 2.24) is 10.3 Å². The van der Waals surface area contributed by atoms with Crippen molar-refractivity contribution in [3.05, 3.63) is 16.6 Å². The third-order valence-corrected chi connectivity index (χ3v) is 5.27. The van der Waals surface area contributed by atoms with Crippen LogP contribution in [0.1, 0.15) is 37.1 Å². The van der Waals surface area contributed by atoms with E-state index in [1.807, 2.05) is 5.38 Å². The Hall–Kier alpha value is -1.43. The van der Waals surface area contributed by atoms with Crippen LogP contribution >= 0.6 is 11.3 Å². The summed E-state index contributed by atoms with van der Waals surface area (Å²) >= 11 is 1.59. The van der Waals surface area contributed by atoms with Crippen molar-refractivity contribution in [3.63, 3.8) is 0 Å². The molecular weight excluding hydrogens is 276 g/mol. The summed E-state index contributed by atoms with van der Waals surface area (Å²) in [4.78, 5) is 28.2. The van der Waals surface area contributed by atoms with Gasteiger partial charge in [0.15, 0.2) is 0 Å². The molecule has 2 aliphatic carbocycles. The monoisotopic (exact) mass is 294 g/mol. The third-order valence-electron chi connectivity index (χ3n) is 4.29. The number of methoxy groups -OCH3 is 1. The molecule has 20 heavy (non-hydrogen) atoms. The Morgan fingerprint density at radius 3 is 2.75 bits per heavy atom. The van der Waals surface area contributed by atoms with Crippen molar-refractivity contribution in [2.24, 2.45) is 11.8 Å². The van der Waals surface area contributed by atoms with Gasteiger partial charge < -0.3 is 10.1 Å². The van der Waals surface area contributed by atoms with E-state index in [1.54, 1.807) is 17.5 Å². The summed E-state index contributed by atoms with van der Waals surface area (Å²) in [5.41, 5.74) is -0.311. The molecule has 2 aliphatic rings. The lowest BCUT2D eigenvalue weighted by Gasteiger charge is -2.28. The molecule has 1 aromatic rings. The summed E-state index contributed by atoms with van der Waals surface area (Å²) in [5, 5.41) is 6.09. The van der Waals surface area contributed by atoms with Crippen molar-refractivity contribution in [2.75, 3.05) is 7.11 Å². The largest absolute Gasteiger partial charge is 0.469 e. The van der Waals surface area contributed by atoms with Gasteiger partial charge in [0, 0.05) is 11.6 Å². The number of amides is 1. The molecular formula is C14H18N2O3S. The van der Waals surface area contributed by atoms with Gasteiger partial charge in [0.1, 0.15) is 5.01 Å². The minimum Gasteiger partial charge on any atom is -0.469 e. The fourth-order valence-electron chi connectivity index (χ4n) is 3.06. The Kier molecular flexibility index (Phi) is 3.50. The minimum atomic E-state index is -0.311. The highest BCUT2D eigenvalue weighted by Crippen LogP contribution is 2.43. The van der Waals surface area contributed by atoms with Crippen LogP contribution in [0.5, 0.6) is 0 Å². The summed E-state index contributed by atoms with van der Waals surface area (Å²) in [5.74, 6) is -0.785. The topological polar surface area (TPSA) is 68.3 Å². The first kappa shape index (κ1) is 13.5.